The Balaban J connectivity index is 0.720. The quantitative estimate of drug-likeness (QED) is 0.0948. The highest BCUT2D eigenvalue weighted by molar-refractivity contribution is 5.93. The van der Waals surface area contributed by atoms with Gasteiger partial charge >= 0.3 is 0 Å². The highest BCUT2D eigenvalue weighted by Crippen LogP contribution is 2.58. The Labute approximate surface area is 613 Å². The van der Waals surface area contributed by atoms with Crippen molar-refractivity contribution in [2.45, 2.75) is 31.6 Å². The Hall–Kier alpha value is -13.6. The number of hydrogen-bond acceptors (Lipinski definition) is 8. The predicted octanol–water partition coefficient (Wildman–Crippen LogP) is 25.1. The molecule has 8 nitrogen and oxygen atoms in total. The van der Waals surface area contributed by atoms with Gasteiger partial charge in [-0.2, -0.15) is 0 Å². The number of anilines is 12. The molecule has 3 heterocycles. The molecule has 0 amide bonds. The van der Waals surface area contributed by atoms with E-state index in [2.05, 4.69) is 398 Å². The molecule has 1 aliphatic carbocycles. The van der Waals surface area contributed by atoms with Gasteiger partial charge in [-0.15, -0.1) is 0 Å². The second-order valence-corrected chi connectivity index (χ2v) is 27.4. The second-order valence-electron chi connectivity index (χ2n) is 27.4. The van der Waals surface area contributed by atoms with Crippen LogP contribution in [0.5, 0.6) is 0 Å². The molecule has 0 N–H and O–H groups in total. The van der Waals surface area contributed by atoms with Crippen molar-refractivity contribution < 1.29 is 0 Å². The molecule has 0 fully saturated rings. The molecule has 0 radical (unpaired) electrons. The molecular formula is C97H72N8. The second kappa shape index (κ2) is 26.8. The van der Waals surface area contributed by atoms with Crippen LogP contribution >= 0.6 is 0 Å². The van der Waals surface area contributed by atoms with Gasteiger partial charge in [0.2, 0.25) is 0 Å². The van der Waals surface area contributed by atoms with E-state index in [0.29, 0.717) is 17.5 Å². The zero-order valence-electron chi connectivity index (χ0n) is 58.5. The number of aryl methyl sites for hydroxylation is 1. The molecule has 2 aromatic heterocycles. The Morgan fingerprint density at radius 2 is 0.581 bits per heavy atom. The molecule has 2 aliphatic rings. The molecular weight excluding hydrogens is 1280 g/mol. The summed E-state index contributed by atoms with van der Waals surface area (Å²) in [4.78, 5) is 31.4. The highest BCUT2D eigenvalue weighted by atomic mass is 15.2. The fourth-order valence-electron chi connectivity index (χ4n) is 15.8. The molecule has 105 heavy (non-hydrogen) atoms. The number of benzene rings is 14. The summed E-state index contributed by atoms with van der Waals surface area (Å²) in [6.07, 6.45) is 0. The van der Waals surface area contributed by atoms with Crippen LogP contribution < -0.4 is 19.6 Å². The maximum Gasteiger partial charge on any atom is 0.163 e. The SMILES string of the molecule is Cc1nc(-c2ccccc2)ccc1N1c2ccc(N(c3ccccc3)c3ccccc3)cc2C(C)(C)c2cc(N(c3ccccc3)c3ccc(-c4ccc(-c5nc(-c6ccccc6)nc(C6(c7ccc(N(c8ccccc8)c8ccccc8)cc7)c7ccccc7-c7ccccc76)n5)cc4)cc3)ccc21. The fraction of sp³-hybridized carbons (Fsp3) is 0.0515. The first-order valence-corrected chi connectivity index (χ1v) is 35.9. The van der Waals surface area contributed by atoms with E-state index < -0.39 is 10.8 Å². The molecule has 14 aromatic carbocycles. The van der Waals surface area contributed by atoms with E-state index >= 15 is 0 Å². The van der Waals surface area contributed by atoms with Gasteiger partial charge in [-0.3, -0.25) is 4.98 Å². The summed E-state index contributed by atoms with van der Waals surface area (Å²) in [6.45, 7) is 6.89. The van der Waals surface area contributed by atoms with Crippen LogP contribution in [0.4, 0.5) is 68.2 Å². The monoisotopic (exact) mass is 1350 g/mol. The lowest BCUT2D eigenvalue weighted by molar-refractivity contribution is 0.632. The van der Waals surface area contributed by atoms with Gasteiger partial charge in [-0.05, 0) is 190 Å². The van der Waals surface area contributed by atoms with Crippen molar-refractivity contribution in [3.05, 3.63) is 422 Å². The van der Waals surface area contributed by atoms with E-state index in [1.807, 2.05) is 24.3 Å². The molecule has 0 atom stereocenters. The van der Waals surface area contributed by atoms with E-state index in [-0.39, 0.29) is 0 Å². The van der Waals surface area contributed by atoms with E-state index in [0.717, 1.165) is 135 Å². The number of pyridine rings is 1. The maximum atomic E-state index is 5.67. The molecule has 8 heteroatoms. The lowest BCUT2D eigenvalue weighted by Crippen LogP contribution is -2.32. The number of hydrogen-bond donors (Lipinski definition) is 0. The van der Waals surface area contributed by atoms with Crippen LogP contribution in [-0.2, 0) is 10.8 Å². The largest absolute Gasteiger partial charge is 0.311 e. The van der Waals surface area contributed by atoms with Crippen molar-refractivity contribution in [1.82, 2.24) is 19.9 Å². The van der Waals surface area contributed by atoms with Crippen molar-refractivity contribution >= 4 is 68.2 Å². The number of rotatable bonds is 16. The summed E-state index contributed by atoms with van der Waals surface area (Å²) in [6, 6.07) is 136. The van der Waals surface area contributed by atoms with E-state index in [9.17, 15) is 0 Å². The fourth-order valence-corrected chi connectivity index (χ4v) is 15.8. The summed E-state index contributed by atoms with van der Waals surface area (Å²) < 4.78 is 0. The number of aromatic nitrogens is 4. The minimum absolute atomic E-state index is 0.474. The number of nitrogens with zero attached hydrogens (tertiary/aromatic N) is 8. The Kier molecular flexibility index (Phi) is 16.2. The van der Waals surface area contributed by atoms with Crippen molar-refractivity contribution in [1.29, 1.82) is 0 Å². The van der Waals surface area contributed by atoms with Gasteiger partial charge < -0.3 is 19.6 Å². The first kappa shape index (κ1) is 63.6. The average Bonchev–Trinajstić information content (AvgIpc) is 1.47. The van der Waals surface area contributed by atoms with Crippen molar-refractivity contribution in [3.63, 3.8) is 0 Å². The minimum Gasteiger partial charge on any atom is -0.311 e. The molecule has 0 bridgehead atoms. The summed E-state index contributed by atoms with van der Waals surface area (Å²) in [5.74, 6) is 1.84. The summed E-state index contributed by atoms with van der Waals surface area (Å²) >= 11 is 0. The van der Waals surface area contributed by atoms with Gasteiger partial charge in [0, 0.05) is 73.3 Å². The number of para-hydroxylation sites is 5. The molecule has 0 saturated carbocycles. The Bertz CT molecular complexity index is 5680. The summed E-state index contributed by atoms with van der Waals surface area (Å²) in [7, 11) is 0. The van der Waals surface area contributed by atoms with Gasteiger partial charge in [0.1, 0.15) is 5.41 Å². The van der Waals surface area contributed by atoms with Crippen LogP contribution in [0.2, 0.25) is 0 Å². The molecule has 0 saturated heterocycles. The van der Waals surface area contributed by atoms with Crippen LogP contribution in [0.15, 0.2) is 382 Å². The van der Waals surface area contributed by atoms with Crippen LogP contribution in [-0.4, -0.2) is 19.9 Å². The van der Waals surface area contributed by atoms with Crippen molar-refractivity contribution in [2.24, 2.45) is 0 Å². The summed E-state index contributed by atoms with van der Waals surface area (Å²) in [5, 5.41) is 0. The first-order valence-electron chi connectivity index (χ1n) is 35.9. The normalized spacial score (nSPS) is 12.8. The van der Waals surface area contributed by atoms with Crippen molar-refractivity contribution in [3.8, 4) is 56.3 Å². The van der Waals surface area contributed by atoms with Crippen LogP contribution in [0.1, 0.15) is 53.2 Å². The van der Waals surface area contributed by atoms with Crippen LogP contribution in [0.3, 0.4) is 0 Å². The van der Waals surface area contributed by atoms with Gasteiger partial charge in [-0.1, -0.05) is 263 Å². The van der Waals surface area contributed by atoms with Crippen molar-refractivity contribution in [2.75, 3.05) is 19.6 Å². The van der Waals surface area contributed by atoms with E-state index in [1.165, 1.54) is 11.1 Å². The smallest absolute Gasteiger partial charge is 0.163 e. The molecule has 16 aromatic rings. The Morgan fingerprint density at radius 3 is 1.01 bits per heavy atom. The summed E-state index contributed by atoms with van der Waals surface area (Å²) in [5.41, 5.74) is 26.3. The zero-order valence-corrected chi connectivity index (χ0v) is 58.5. The molecule has 0 unspecified atom stereocenters. The zero-order chi connectivity index (χ0) is 70.4. The van der Waals surface area contributed by atoms with Gasteiger partial charge in [0.05, 0.1) is 28.5 Å². The minimum atomic E-state index is -0.918. The van der Waals surface area contributed by atoms with Crippen LogP contribution in [0.25, 0.3) is 56.3 Å². The average molecular weight is 1350 g/mol. The molecule has 18 rings (SSSR count). The van der Waals surface area contributed by atoms with Gasteiger partial charge in [0.25, 0.3) is 0 Å². The lowest BCUT2D eigenvalue weighted by atomic mass is 9.71. The third-order valence-corrected chi connectivity index (χ3v) is 20.9. The maximum absolute atomic E-state index is 5.67. The van der Waals surface area contributed by atoms with Gasteiger partial charge in [-0.25, -0.2) is 15.0 Å². The standard InChI is InChI=1S/C97H72N8/c1-67-90(64-61-89(98-67)70-29-11-4-12-30-70)105-91-62-59-81(103(76-37-19-8-20-38-76)77-39-21-9-22-40-77)65-87(91)96(2,3)88-66-82(60-63-92(88)105)104(78-41-23-10-24-42-78)79-55-51-69(52-56-79)68-47-49-72(50-48-68)94-99-93(71-31-13-5-14-32-71)100-95(101-94)97(85-45-27-25-43-83(85)84-44-26-28-46-86(84)97)73-53-57-80(58-54-73)102(74-33-15-6-16-34-74)75-35-17-7-18-36-75/h4-66H,1-3H3. The predicted molar refractivity (Wildman–Crippen MR) is 432 cm³/mol. The van der Waals surface area contributed by atoms with Gasteiger partial charge in [0.15, 0.2) is 17.5 Å². The third kappa shape index (κ3) is 11.4. The first-order chi connectivity index (χ1) is 51.7. The van der Waals surface area contributed by atoms with Crippen LogP contribution in [0, 0.1) is 6.92 Å². The van der Waals surface area contributed by atoms with E-state index in [1.54, 1.807) is 0 Å². The Morgan fingerprint density at radius 1 is 0.257 bits per heavy atom. The molecule has 500 valence electrons. The third-order valence-electron chi connectivity index (χ3n) is 20.9. The molecule has 1 aliphatic heterocycles. The topological polar surface area (TPSA) is 64.5 Å². The van der Waals surface area contributed by atoms with E-state index in [4.69, 9.17) is 19.9 Å². The number of fused-ring (bicyclic) bond motifs is 5. The lowest BCUT2D eigenvalue weighted by Gasteiger charge is -2.43. The highest BCUT2D eigenvalue weighted by Gasteiger charge is 2.49. The molecule has 0 spiro atoms.